The summed E-state index contributed by atoms with van der Waals surface area (Å²) in [7, 11) is 0. The molecule has 0 saturated heterocycles. The quantitative estimate of drug-likeness (QED) is 0.734. The van der Waals surface area contributed by atoms with E-state index in [0.29, 0.717) is 34.6 Å². The second-order valence-corrected chi connectivity index (χ2v) is 7.86. The molecule has 0 radical (unpaired) electrons. The number of hydrogen-bond acceptors (Lipinski definition) is 3. The van der Waals surface area contributed by atoms with Crippen molar-refractivity contribution >= 4 is 17.7 Å². The Morgan fingerprint density at radius 3 is 2.28 bits per heavy atom. The summed E-state index contributed by atoms with van der Waals surface area (Å²) in [6.45, 7) is 0.781. The van der Waals surface area contributed by atoms with Crippen LogP contribution < -0.4 is 0 Å². The Morgan fingerprint density at radius 1 is 0.966 bits per heavy atom. The topological polar surface area (TPSA) is 62.6 Å². The third-order valence-electron chi connectivity index (χ3n) is 5.84. The van der Waals surface area contributed by atoms with Crippen LogP contribution in [-0.4, -0.2) is 51.2 Å². The van der Waals surface area contributed by atoms with Crippen LogP contribution in [0.25, 0.3) is 0 Å². The molecule has 6 nitrogen and oxygen atoms in total. The first-order valence-corrected chi connectivity index (χ1v) is 9.80. The van der Waals surface area contributed by atoms with Gasteiger partial charge in [0, 0.05) is 31.5 Å². The minimum absolute atomic E-state index is 0.0404. The minimum Gasteiger partial charge on any atom is -0.349 e. The molecule has 2 aromatic rings. The third-order valence-corrected chi connectivity index (χ3v) is 5.84. The van der Waals surface area contributed by atoms with Crippen molar-refractivity contribution in [2.24, 2.45) is 0 Å². The van der Waals surface area contributed by atoms with Gasteiger partial charge in [-0.1, -0.05) is 12.1 Å². The maximum atomic E-state index is 13.6. The summed E-state index contributed by atoms with van der Waals surface area (Å²) in [4.78, 5) is 40.7. The maximum Gasteiger partial charge on any atom is 0.261 e. The number of nitrogens with zero attached hydrogens (tertiary/aromatic N) is 3. The molecule has 29 heavy (non-hydrogen) atoms. The molecule has 5 rings (SSSR count). The van der Waals surface area contributed by atoms with Crippen LogP contribution in [0.3, 0.4) is 0 Å². The lowest BCUT2D eigenvalue weighted by atomic mass is 10.0. The Labute approximate surface area is 167 Å². The number of amides is 3. The van der Waals surface area contributed by atoms with E-state index in [1.807, 2.05) is 11.1 Å². The van der Waals surface area contributed by atoms with Gasteiger partial charge in [-0.3, -0.25) is 19.3 Å². The zero-order valence-corrected chi connectivity index (χ0v) is 15.8. The molecule has 0 bridgehead atoms. The zero-order valence-electron chi connectivity index (χ0n) is 15.8. The smallest absolute Gasteiger partial charge is 0.261 e. The maximum absolute atomic E-state index is 13.6. The van der Waals surface area contributed by atoms with Crippen LogP contribution in [0.1, 0.15) is 49.5 Å². The van der Waals surface area contributed by atoms with Crippen LogP contribution >= 0.6 is 0 Å². The van der Waals surface area contributed by atoms with E-state index in [1.165, 1.54) is 0 Å². The molecule has 148 valence electrons. The van der Waals surface area contributed by atoms with Crippen molar-refractivity contribution in [1.29, 1.82) is 0 Å². The van der Waals surface area contributed by atoms with E-state index < -0.39 is 11.8 Å². The number of hydrogen-bond donors (Lipinski definition) is 0. The van der Waals surface area contributed by atoms with Gasteiger partial charge in [-0.05, 0) is 42.5 Å². The van der Waals surface area contributed by atoms with Gasteiger partial charge in [0.2, 0.25) is 0 Å². The van der Waals surface area contributed by atoms with Crippen molar-refractivity contribution in [3.05, 3.63) is 70.8 Å². The Morgan fingerprint density at radius 2 is 1.66 bits per heavy atom. The van der Waals surface area contributed by atoms with E-state index in [4.69, 9.17) is 0 Å². The first-order valence-electron chi connectivity index (χ1n) is 9.80. The van der Waals surface area contributed by atoms with Gasteiger partial charge in [-0.15, -0.1) is 0 Å². The Hall–Kier alpha value is -3.22. The Kier molecular flexibility index (Phi) is 4.12. The predicted molar refractivity (Wildman–Crippen MR) is 103 cm³/mol. The SMILES string of the molecule is O=C1c2ccccc2C(=O)N1C/C(=C\F)Cn1cc2c(c1)C(=O)N(C1CC1)CC2. The molecule has 1 aromatic heterocycles. The number of rotatable bonds is 5. The lowest BCUT2D eigenvalue weighted by Crippen LogP contribution is -2.38. The molecule has 0 atom stereocenters. The first kappa shape index (κ1) is 17.8. The lowest BCUT2D eigenvalue weighted by Gasteiger charge is -2.26. The lowest BCUT2D eigenvalue weighted by molar-refractivity contribution is 0.0664. The van der Waals surface area contributed by atoms with E-state index in [-0.39, 0.29) is 19.0 Å². The molecule has 3 amide bonds. The number of halogens is 1. The minimum atomic E-state index is -0.410. The Bertz CT molecular complexity index is 1030. The first-order chi connectivity index (χ1) is 14.1. The zero-order chi connectivity index (χ0) is 20.1. The summed E-state index contributed by atoms with van der Waals surface area (Å²) in [5, 5.41) is 0. The van der Waals surface area contributed by atoms with Gasteiger partial charge in [-0.2, -0.15) is 0 Å². The number of carbonyl (C=O) groups excluding carboxylic acids is 3. The summed E-state index contributed by atoms with van der Waals surface area (Å²) in [6.07, 6.45) is 6.98. The predicted octanol–water partition coefficient (Wildman–Crippen LogP) is 2.80. The highest BCUT2D eigenvalue weighted by molar-refractivity contribution is 6.21. The van der Waals surface area contributed by atoms with Gasteiger partial charge in [0.15, 0.2) is 0 Å². The second-order valence-electron chi connectivity index (χ2n) is 7.86. The fourth-order valence-electron chi connectivity index (χ4n) is 4.21. The van der Waals surface area contributed by atoms with Crippen molar-refractivity contribution in [1.82, 2.24) is 14.4 Å². The van der Waals surface area contributed by atoms with Gasteiger partial charge in [0.25, 0.3) is 17.7 Å². The highest BCUT2D eigenvalue weighted by Gasteiger charge is 2.37. The molecule has 1 aromatic carbocycles. The highest BCUT2D eigenvalue weighted by Crippen LogP contribution is 2.32. The van der Waals surface area contributed by atoms with Crippen molar-refractivity contribution in [3.63, 3.8) is 0 Å². The second kappa shape index (κ2) is 6.69. The van der Waals surface area contributed by atoms with Crippen molar-refractivity contribution in [2.75, 3.05) is 13.1 Å². The molecule has 0 spiro atoms. The average molecular weight is 393 g/mol. The van der Waals surface area contributed by atoms with Gasteiger partial charge in [-0.25, -0.2) is 4.39 Å². The van der Waals surface area contributed by atoms with Gasteiger partial charge >= 0.3 is 0 Å². The molecular weight excluding hydrogens is 373 g/mol. The molecule has 3 aliphatic rings. The van der Waals surface area contributed by atoms with Crippen molar-refractivity contribution < 1.29 is 18.8 Å². The molecule has 0 N–H and O–H groups in total. The molecular formula is C22H20FN3O3. The molecule has 1 fully saturated rings. The van der Waals surface area contributed by atoms with Gasteiger partial charge in [0.1, 0.15) is 0 Å². The number of imide groups is 1. The van der Waals surface area contributed by atoms with E-state index in [2.05, 4.69) is 0 Å². The van der Waals surface area contributed by atoms with Gasteiger partial charge < -0.3 is 9.47 Å². The third kappa shape index (κ3) is 2.97. The molecule has 7 heteroatoms. The van der Waals surface area contributed by atoms with Crippen LogP contribution in [0.5, 0.6) is 0 Å². The van der Waals surface area contributed by atoms with Crippen LogP contribution in [0.4, 0.5) is 4.39 Å². The summed E-state index contributed by atoms with van der Waals surface area (Å²) in [6, 6.07) is 6.98. The molecule has 2 aliphatic heterocycles. The molecule has 3 heterocycles. The summed E-state index contributed by atoms with van der Waals surface area (Å²) >= 11 is 0. The van der Waals surface area contributed by atoms with E-state index in [0.717, 1.165) is 36.3 Å². The van der Waals surface area contributed by atoms with Crippen LogP contribution in [0, 0.1) is 0 Å². The average Bonchev–Trinajstić information content (AvgIpc) is 3.44. The fourth-order valence-corrected chi connectivity index (χ4v) is 4.21. The number of fused-ring (bicyclic) bond motifs is 2. The summed E-state index contributed by atoms with van der Waals surface area (Å²) in [5.41, 5.74) is 2.61. The van der Waals surface area contributed by atoms with Crippen molar-refractivity contribution in [2.45, 2.75) is 31.8 Å². The van der Waals surface area contributed by atoms with E-state index in [9.17, 15) is 18.8 Å². The summed E-state index contributed by atoms with van der Waals surface area (Å²) < 4.78 is 15.4. The molecule has 1 aliphatic carbocycles. The molecule has 0 unspecified atom stereocenters. The normalized spacial score (nSPS) is 19.1. The van der Waals surface area contributed by atoms with E-state index >= 15 is 0 Å². The number of aromatic nitrogens is 1. The van der Waals surface area contributed by atoms with Crippen LogP contribution in [-0.2, 0) is 13.0 Å². The van der Waals surface area contributed by atoms with Crippen LogP contribution in [0.15, 0.2) is 48.6 Å². The largest absolute Gasteiger partial charge is 0.349 e. The van der Waals surface area contributed by atoms with Crippen LogP contribution in [0.2, 0.25) is 0 Å². The standard InChI is InChI=1S/C22H20FN3O3/c23-9-14(11-26-20(27)17-3-1-2-4-18(17)21(26)28)10-24-12-15-7-8-25(16-5-6-16)22(29)19(15)13-24/h1-4,9,12-13,16H,5-8,10-11H2/b14-9-. The monoisotopic (exact) mass is 393 g/mol. The van der Waals surface area contributed by atoms with Gasteiger partial charge in [0.05, 0.1) is 29.6 Å². The van der Waals surface area contributed by atoms with Crippen molar-refractivity contribution in [3.8, 4) is 0 Å². The Balaban J connectivity index is 1.32. The van der Waals surface area contributed by atoms with E-state index in [1.54, 1.807) is 35.0 Å². The highest BCUT2D eigenvalue weighted by atomic mass is 19.1. The number of benzene rings is 1. The summed E-state index contributed by atoms with van der Waals surface area (Å²) in [5.74, 6) is -0.780. The molecule has 1 saturated carbocycles. The number of carbonyl (C=O) groups is 3. The fraction of sp³-hybridized carbons (Fsp3) is 0.318.